The Hall–Kier alpha value is -2.58. The second kappa shape index (κ2) is 5.32. The van der Waals surface area contributed by atoms with E-state index < -0.39 is 0 Å². The zero-order valence-electron chi connectivity index (χ0n) is 12.1. The van der Waals surface area contributed by atoms with Crippen molar-refractivity contribution in [2.75, 3.05) is 13.2 Å². The van der Waals surface area contributed by atoms with Crippen LogP contribution in [0.3, 0.4) is 0 Å². The molecule has 4 rings (SSSR count). The third kappa shape index (κ3) is 2.18. The lowest BCUT2D eigenvalue weighted by Gasteiger charge is -2.10. The van der Waals surface area contributed by atoms with Crippen LogP contribution in [0.4, 0.5) is 0 Å². The van der Waals surface area contributed by atoms with Crippen molar-refractivity contribution < 1.29 is 9.84 Å². The van der Waals surface area contributed by atoms with E-state index in [2.05, 4.69) is 54.6 Å². The highest BCUT2D eigenvalue weighted by Gasteiger charge is 2.05. The summed E-state index contributed by atoms with van der Waals surface area (Å²) >= 11 is 0. The number of aliphatic hydroxyl groups is 1. The summed E-state index contributed by atoms with van der Waals surface area (Å²) in [5, 5.41) is 16.1. The molecular formula is C20H16O2. The zero-order valence-corrected chi connectivity index (χ0v) is 12.1. The molecule has 2 heteroatoms. The lowest BCUT2D eigenvalue weighted by molar-refractivity contribution is 0.203. The Labute approximate surface area is 128 Å². The minimum Gasteiger partial charge on any atom is -0.491 e. The fraction of sp³-hybridized carbons (Fsp3) is 0.100. The van der Waals surface area contributed by atoms with Crippen molar-refractivity contribution in [3.05, 3.63) is 66.7 Å². The second-order valence-corrected chi connectivity index (χ2v) is 5.45. The van der Waals surface area contributed by atoms with Gasteiger partial charge in [-0.25, -0.2) is 0 Å². The fourth-order valence-corrected chi connectivity index (χ4v) is 2.97. The van der Waals surface area contributed by atoms with Gasteiger partial charge in [0, 0.05) is 5.39 Å². The van der Waals surface area contributed by atoms with Gasteiger partial charge in [-0.2, -0.15) is 0 Å². The highest BCUT2D eigenvalue weighted by atomic mass is 16.5. The maximum Gasteiger partial charge on any atom is 0.127 e. The van der Waals surface area contributed by atoms with Gasteiger partial charge < -0.3 is 9.84 Å². The molecule has 22 heavy (non-hydrogen) atoms. The van der Waals surface area contributed by atoms with Crippen molar-refractivity contribution in [2.24, 2.45) is 0 Å². The Balaban J connectivity index is 1.99. The summed E-state index contributed by atoms with van der Waals surface area (Å²) in [5.41, 5.74) is 0. The van der Waals surface area contributed by atoms with Crippen LogP contribution in [0.15, 0.2) is 66.7 Å². The molecule has 4 aromatic carbocycles. The minimum atomic E-state index is 0.0224. The first kappa shape index (κ1) is 13.1. The highest BCUT2D eigenvalue weighted by molar-refractivity contribution is 6.06. The normalized spacial score (nSPS) is 11.3. The molecule has 1 N–H and O–H groups in total. The summed E-state index contributed by atoms with van der Waals surface area (Å²) in [6.45, 7) is 0.337. The third-order valence-electron chi connectivity index (χ3n) is 4.01. The molecule has 0 atom stereocenters. The van der Waals surface area contributed by atoms with E-state index in [1.165, 1.54) is 21.5 Å². The molecule has 0 bridgehead atoms. The van der Waals surface area contributed by atoms with Gasteiger partial charge in [0.25, 0.3) is 0 Å². The number of fused-ring (bicyclic) bond motifs is 3. The molecule has 0 radical (unpaired) electrons. The van der Waals surface area contributed by atoms with Gasteiger partial charge in [-0.3, -0.25) is 0 Å². The lowest BCUT2D eigenvalue weighted by Crippen LogP contribution is -2.01. The van der Waals surface area contributed by atoms with Crippen molar-refractivity contribution in [1.29, 1.82) is 0 Å². The summed E-state index contributed by atoms with van der Waals surface area (Å²) < 4.78 is 5.65. The first-order valence-corrected chi connectivity index (χ1v) is 7.44. The standard InChI is InChI=1S/C20H16O2/c21-8-9-22-20-7-3-6-16-12-17-10-14-4-1-2-5-15(14)11-18(17)13-19(16)20/h1-7,10-13,21H,8-9H2. The molecule has 0 saturated carbocycles. The topological polar surface area (TPSA) is 29.5 Å². The van der Waals surface area contributed by atoms with Gasteiger partial charge in [0.05, 0.1) is 6.61 Å². The number of aliphatic hydroxyl groups excluding tert-OH is 1. The Bertz CT molecular complexity index is 973. The Morgan fingerprint density at radius 1 is 0.682 bits per heavy atom. The van der Waals surface area contributed by atoms with Gasteiger partial charge in [0.15, 0.2) is 0 Å². The molecule has 108 valence electrons. The summed E-state index contributed by atoms with van der Waals surface area (Å²) in [4.78, 5) is 0. The second-order valence-electron chi connectivity index (χ2n) is 5.45. The zero-order chi connectivity index (χ0) is 14.9. The van der Waals surface area contributed by atoms with Crippen LogP contribution in [-0.2, 0) is 0 Å². The number of ether oxygens (including phenoxy) is 1. The monoisotopic (exact) mass is 288 g/mol. The van der Waals surface area contributed by atoms with E-state index in [4.69, 9.17) is 9.84 Å². The van der Waals surface area contributed by atoms with E-state index in [1.54, 1.807) is 0 Å². The van der Waals surface area contributed by atoms with Crippen LogP contribution in [0.2, 0.25) is 0 Å². The third-order valence-corrected chi connectivity index (χ3v) is 4.01. The molecule has 0 fully saturated rings. The quantitative estimate of drug-likeness (QED) is 0.562. The first-order valence-electron chi connectivity index (χ1n) is 7.44. The van der Waals surface area contributed by atoms with Crippen molar-refractivity contribution in [3.63, 3.8) is 0 Å². The van der Waals surface area contributed by atoms with Crippen LogP contribution in [0, 0.1) is 0 Å². The van der Waals surface area contributed by atoms with Crippen molar-refractivity contribution >= 4 is 32.3 Å². The SMILES string of the molecule is OCCOc1cccc2cc3cc4ccccc4cc3cc12. The van der Waals surface area contributed by atoms with Crippen LogP contribution in [0.25, 0.3) is 32.3 Å². The Kier molecular flexibility index (Phi) is 3.17. The van der Waals surface area contributed by atoms with Gasteiger partial charge >= 0.3 is 0 Å². The minimum absolute atomic E-state index is 0.0224. The first-order chi connectivity index (χ1) is 10.8. The van der Waals surface area contributed by atoms with Crippen molar-refractivity contribution in [1.82, 2.24) is 0 Å². The van der Waals surface area contributed by atoms with Crippen LogP contribution in [-0.4, -0.2) is 18.3 Å². The molecule has 2 nitrogen and oxygen atoms in total. The summed E-state index contributed by atoms with van der Waals surface area (Å²) in [6.07, 6.45) is 0. The molecule has 0 aliphatic rings. The molecule has 0 aliphatic carbocycles. The van der Waals surface area contributed by atoms with E-state index >= 15 is 0 Å². The number of benzene rings is 4. The van der Waals surface area contributed by atoms with E-state index in [9.17, 15) is 0 Å². The maximum atomic E-state index is 8.96. The van der Waals surface area contributed by atoms with E-state index in [0.717, 1.165) is 16.5 Å². The van der Waals surface area contributed by atoms with Gasteiger partial charge in [-0.1, -0.05) is 36.4 Å². The Morgan fingerprint density at radius 3 is 2.05 bits per heavy atom. The van der Waals surface area contributed by atoms with Gasteiger partial charge in [0.2, 0.25) is 0 Å². The van der Waals surface area contributed by atoms with Gasteiger partial charge in [0.1, 0.15) is 12.4 Å². The molecule has 0 saturated heterocycles. The van der Waals surface area contributed by atoms with E-state index in [1.807, 2.05) is 12.1 Å². The highest BCUT2D eigenvalue weighted by Crippen LogP contribution is 2.32. The van der Waals surface area contributed by atoms with Crippen molar-refractivity contribution in [3.8, 4) is 5.75 Å². The molecule has 0 heterocycles. The number of hydrogen-bond acceptors (Lipinski definition) is 2. The number of hydrogen-bond donors (Lipinski definition) is 1. The van der Waals surface area contributed by atoms with E-state index in [0.29, 0.717) is 6.61 Å². The maximum absolute atomic E-state index is 8.96. The Morgan fingerprint density at radius 2 is 1.32 bits per heavy atom. The summed E-state index contributed by atoms with van der Waals surface area (Å²) in [5.74, 6) is 0.821. The summed E-state index contributed by atoms with van der Waals surface area (Å²) in [7, 11) is 0. The average molecular weight is 288 g/mol. The molecule has 0 unspecified atom stereocenters. The lowest BCUT2D eigenvalue weighted by atomic mass is 9.99. The predicted octanol–water partition coefficient (Wildman–Crippen LogP) is 4.52. The van der Waals surface area contributed by atoms with Gasteiger partial charge in [-0.05, 0) is 57.3 Å². The number of rotatable bonds is 3. The van der Waals surface area contributed by atoms with Crippen molar-refractivity contribution in [2.45, 2.75) is 0 Å². The predicted molar refractivity (Wildman–Crippen MR) is 91.5 cm³/mol. The van der Waals surface area contributed by atoms with Gasteiger partial charge in [-0.15, -0.1) is 0 Å². The smallest absolute Gasteiger partial charge is 0.127 e. The molecule has 0 aliphatic heterocycles. The molecule has 0 aromatic heterocycles. The molecule has 4 aromatic rings. The van der Waals surface area contributed by atoms with Crippen LogP contribution in [0.5, 0.6) is 5.75 Å². The van der Waals surface area contributed by atoms with Crippen LogP contribution < -0.4 is 4.74 Å². The largest absolute Gasteiger partial charge is 0.491 e. The molecule has 0 spiro atoms. The molecule has 0 amide bonds. The fourth-order valence-electron chi connectivity index (χ4n) is 2.97. The summed E-state index contributed by atoms with van der Waals surface area (Å²) in [6, 6.07) is 23.2. The van der Waals surface area contributed by atoms with E-state index in [-0.39, 0.29) is 6.61 Å². The average Bonchev–Trinajstić information content (AvgIpc) is 2.56. The van der Waals surface area contributed by atoms with Crippen LogP contribution >= 0.6 is 0 Å². The molecular weight excluding hydrogens is 272 g/mol. The van der Waals surface area contributed by atoms with Crippen LogP contribution in [0.1, 0.15) is 0 Å².